The van der Waals surface area contributed by atoms with Crippen LogP contribution in [0, 0.1) is 5.92 Å². The number of hydrogen-bond donors (Lipinski definition) is 0. The second-order valence-corrected chi connectivity index (χ2v) is 14.5. The third-order valence-corrected chi connectivity index (χ3v) is 10.2. The van der Waals surface area contributed by atoms with Crippen LogP contribution in [0.15, 0.2) is 88.8 Å². The van der Waals surface area contributed by atoms with Gasteiger partial charge in [0.15, 0.2) is 22.1 Å². The molecular weight excluding hydrogens is 574 g/mol. The van der Waals surface area contributed by atoms with Crippen LogP contribution in [0.3, 0.4) is 0 Å². The van der Waals surface area contributed by atoms with Gasteiger partial charge in [0, 0.05) is 31.3 Å². The minimum atomic E-state index is -4.10. The summed E-state index contributed by atoms with van der Waals surface area (Å²) in [7, 11) is -4.25. The number of fused-ring (bicyclic) bond motifs is 1. The molecule has 1 amide bonds. The lowest BCUT2D eigenvalue weighted by Gasteiger charge is -2.16. The normalized spacial score (nSPS) is 14.8. The molecule has 2 aromatic heterocycles. The first-order chi connectivity index (χ1) is 19.9. The van der Waals surface area contributed by atoms with Crippen molar-refractivity contribution in [2.75, 3.05) is 27.0 Å². The van der Waals surface area contributed by atoms with Gasteiger partial charge in [0.2, 0.25) is 0 Å². The number of sulfone groups is 1. The highest BCUT2D eigenvalue weighted by Gasteiger charge is 2.28. The minimum absolute atomic E-state index is 0.107. The molecule has 1 saturated carbocycles. The summed E-state index contributed by atoms with van der Waals surface area (Å²) in [5.41, 5.74) is 1.98. The Morgan fingerprint density at radius 1 is 0.976 bits per heavy atom. The minimum Gasteiger partial charge on any atom is -0.482 e. The van der Waals surface area contributed by atoms with Gasteiger partial charge in [-0.15, -0.1) is 0 Å². The Bertz CT molecular complexity index is 1850. The Labute approximate surface area is 246 Å². The first kappa shape index (κ1) is 29.5. The van der Waals surface area contributed by atoms with Crippen molar-refractivity contribution >= 4 is 42.4 Å². The number of amides is 1. The maximum Gasteiger partial charge on any atom is 0.269 e. The van der Waals surface area contributed by atoms with Crippen molar-refractivity contribution in [3.63, 3.8) is 0 Å². The number of likely N-dealkylation sites (N-methyl/N-ethyl adjacent to an activating group) is 1. The van der Waals surface area contributed by atoms with Gasteiger partial charge in [-0.05, 0) is 60.7 Å². The highest BCUT2D eigenvalue weighted by molar-refractivity contribution is 7.90. The molecule has 5 rings (SSSR count). The van der Waals surface area contributed by atoms with Crippen LogP contribution in [-0.4, -0.2) is 63.6 Å². The zero-order valence-corrected chi connectivity index (χ0v) is 25.4. The van der Waals surface area contributed by atoms with Crippen molar-refractivity contribution in [3.05, 3.63) is 90.3 Å². The predicted octanol–water partition coefficient (Wildman–Crippen LogP) is 4.77. The van der Waals surface area contributed by atoms with E-state index in [4.69, 9.17) is 4.74 Å². The molecule has 0 radical (unpaired) electrons. The maximum absolute atomic E-state index is 14.2. The van der Waals surface area contributed by atoms with E-state index in [2.05, 4.69) is 11.1 Å². The molecule has 1 fully saturated rings. The van der Waals surface area contributed by atoms with Crippen LogP contribution >= 0.6 is 0 Å². The fourth-order valence-electron chi connectivity index (χ4n) is 5.10. The number of pyridine rings is 1. The van der Waals surface area contributed by atoms with Crippen LogP contribution in [0.25, 0.3) is 16.6 Å². The van der Waals surface area contributed by atoms with Gasteiger partial charge in [-0.25, -0.2) is 25.8 Å². The molecule has 0 atom stereocenters. The van der Waals surface area contributed by atoms with Crippen molar-refractivity contribution in [1.29, 1.82) is 0 Å². The number of benzene rings is 2. The predicted molar refractivity (Wildman–Crippen MR) is 162 cm³/mol. The largest absolute Gasteiger partial charge is 0.482 e. The van der Waals surface area contributed by atoms with Gasteiger partial charge in [0.1, 0.15) is 5.75 Å². The van der Waals surface area contributed by atoms with Crippen LogP contribution in [0.4, 0.5) is 0 Å². The van der Waals surface area contributed by atoms with E-state index < -0.39 is 19.9 Å². The van der Waals surface area contributed by atoms with Gasteiger partial charge in [-0.1, -0.05) is 49.2 Å². The number of allylic oxidation sites excluding steroid dienone is 1. The average molecular weight is 608 g/mol. The van der Waals surface area contributed by atoms with Crippen LogP contribution in [-0.2, 0) is 24.7 Å². The number of aromatic nitrogens is 2. The number of carbonyl (C=O) groups excluding carboxylic acids is 1. The molecule has 2 aromatic carbocycles. The van der Waals surface area contributed by atoms with Crippen molar-refractivity contribution < 1.29 is 26.4 Å². The molecule has 1 aliphatic carbocycles. The third-order valence-electron chi connectivity index (χ3n) is 7.39. The second-order valence-electron chi connectivity index (χ2n) is 10.7. The molecule has 0 spiro atoms. The molecule has 0 bridgehead atoms. The summed E-state index contributed by atoms with van der Waals surface area (Å²) >= 11 is 0. The first-order valence-electron chi connectivity index (χ1n) is 13.6. The number of nitrogens with zero attached hydrogens (tertiary/aromatic N) is 3. The second kappa shape index (κ2) is 11.7. The summed E-state index contributed by atoms with van der Waals surface area (Å²) in [6.07, 6.45) is 8.79. The number of ether oxygens (including phenoxy) is 1. The summed E-state index contributed by atoms with van der Waals surface area (Å²) in [5, 5.41) is 0.518. The Kier molecular flexibility index (Phi) is 8.25. The summed E-state index contributed by atoms with van der Waals surface area (Å²) in [6, 6.07) is 18.1. The quantitative estimate of drug-likeness (QED) is 0.269. The molecule has 4 aromatic rings. The molecule has 1 aliphatic rings. The van der Waals surface area contributed by atoms with Crippen molar-refractivity contribution in [1.82, 2.24) is 13.9 Å². The molecule has 9 nitrogen and oxygen atoms in total. The Balaban J connectivity index is 1.72. The SMILES string of the molecule is CN(C)C(=O)COc1cnc2c(c1)cc(/C(=C/C1CCCC1)c1ccc(S(C)(=O)=O)cc1)n2S(=O)(=O)c1ccccc1. The summed E-state index contributed by atoms with van der Waals surface area (Å²) in [6.45, 7) is -0.185. The van der Waals surface area contributed by atoms with Gasteiger partial charge in [0.25, 0.3) is 15.9 Å². The van der Waals surface area contributed by atoms with Crippen molar-refractivity contribution in [3.8, 4) is 5.75 Å². The molecule has 42 heavy (non-hydrogen) atoms. The van der Waals surface area contributed by atoms with Gasteiger partial charge in [-0.2, -0.15) is 0 Å². The molecule has 0 saturated heterocycles. The van der Waals surface area contributed by atoms with Gasteiger partial charge in [-0.3, -0.25) is 4.79 Å². The van der Waals surface area contributed by atoms with Crippen LogP contribution in [0.2, 0.25) is 0 Å². The lowest BCUT2D eigenvalue weighted by molar-refractivity contribution is -0.130. The van der Waals surface area contributed by atoms with E-state index in [1.54, 1.807) is 56.6 Å². The van der Waals surface area contributed by atoms with E-state index in [0.29, 0.717) is 28.0 Å². The fraction of sp³-hybridized carbons (Fsp3) is 0.290. The lowest BCUT2D eigenvalue weighted by atomic mass is 9.96. The maximum atomic E-state index is 14.2. The summed E-state index contributed by atoms with van der Waals surface area (Å²) in [5.74, 6) is 0.348. The Hall–Kier alpha value is -3.96. The van der Waals surface area contributed by atoms with Gasteiger partial charge >= 0.3 is 0 Å². The van der Waals surface area contributed by atoms with Gasteiger partial charge < -0.3 is 9.64 Å². The van der Waals surface area contributed by atoms with Crippen molar-refractivity contribution in [2.45, 2.75) is 35.5 Å². The van der Waals surface area contributed by atoms with Gasteiger partial charge in [0.05, 0.1) is 21.7 Å². The fourth-order valence-corrected chi connectivity index (χ4v) is 7.24. The number of carbonyl (C=O) groups is 1. The molecule has 11 heteroatoms. The van der Waals surface area contributed by atoms with E-state index in [1.807, 2.05) is 0 Å². The zero-order chi connectivity index (χ0) is 30.1. The molecule has 0 aliphatic heterocycles. The van der Waals surface area contributed by atoms with E-state index in [-0.39, 0.29) is 33.9 Å². The number of rotatable bonds is 9. The summed E-state index contributed by atoms with van der Waals surface area (Å²) < 4.78 is 59.6. The smallest absolute Gasteiger partial charge is 0.269 e. The molecule has 2 heterocycles. The topological polar surface area (TPSA) is 116 Å². The van der Waals surface area contributed by atoms with E-state index >= 15 is 0 Å². The van der Waals surface area contributed by atoms with E-state index in [1.165, 1.54) is 39.3 Å². The first-order valence-corrected chi connectivity index (χ1v) is 17.0. The monoisotopic (exact) mass is 607 g/mol. The molecule has 0 unspecified atom stereocenters. The van der Waals surface area contributed by atoms with E-state index in [0.717, 1.165) is 31.9 Å². The molecule has 220 valence electrons. The zero-order valence-electron chi connectivity index (χ0n) is 23.7. The molecule has 0 N–H and O–H groups in total. The number of hydrogen-bond acceptors (Lipinski definition) is 7. The average Bonchev–Trinajstić information content (AvgIpc) is 3.62. The molecular formula is C31H33N3O6S2. The van der Waals surface area contributed by atoms with Crippen LogP contribution in [0.1, 0.15) is 36.9 Å². The third kappa shape index (κ3) is 6.12. The van der Waals surface area contributed by atoms with E-state index in [9.17, 15) is 21.6 Å². The Morgan fingerprint density at radius 3 is 2.26 bits per heavy atom. The Morgan fingerprint density at radius 2 is 1.64 bits per heavy atom. The van der Waals surface area contributed by atoms with Crippen LogP contribution in [0.5, 0.6) is 5.75 Å². The highest BCUT2D eigenvalue weighted by atomic mass is 32.2. The van der Waals surface area contributed by atoms with Crippen molar-refractivity contribution in [2.24, 2.45) is 5.92 Å². The lowest BCUT2D eigenvalue weighted by Crippen LogP contribution is -2.27. The van der Waals surface area contributed by atoms with Crippen LogP contribution < -0.4 is 4.74 Å². The standard InChI is InChI=1S/C31H33N3O6S2/c1-33(2)30(35)21-40-25-18-24-19-29(34(31(24)32-20-25)42(38,39)27-11-5-4-6-12-27)28(17-22-9-7-8-10-22)23-13-15-26(16-14-23)41(3,36)37/h4-6,11-20,22H,7-10,21H2,1-3H3/b28-17+. The summed E-state index contributed by atoms with van der Waals surface area (Å²) in [4.78, 5) is 18.3. The highest BCUT2D eigenvalue weighted by Crippen LogP contribution is 2.37.